The molecule has 104 valence electrons. The van der Waals surface area contributed by atoms with E-state index in [2.05, 4.69) is 33.7 Å². The monoisotopic (exact) mass is 260 g/mol. The first-order valence-corrected chi connectivity index (χ1v) is 8.09. The van der Waals surface area contributed by atoms with Gasteiger partial charge in [0, 0.05) is 0 Å². The molecule has 0 fully saturated rings. The highest BCUT2D eigenvalue weighted by Gasteiger charge is 2.12. The van der Waals surface area contributed by atoms with Crippen LogP contribution in [0.1, 0.15) is 78.1 Å². The third kappa shape index (κ3) is 12.6. The molecule has 1 unspecified atom stereocenters. The standard InChI is InChI=1S/C15H34NS/c1-4-6-7-8-9-10-11-12-13-14-15-16(3,17)5-2/h17H,4-15H2,1-3H3/q+1. The molecule has 0 N–H and O–H groups in total. The van der Waals surface area contributed by atoms with Crippen LogP contribution >= 0.6 is 12.8 Å². The quantitative estimate of drug-likeness (QED) is 0.278. The number of unbranched alkanes of at least 4 members (excludes halogenated alkanes) is 9. The number of rotatable bonds is 12. The van der Waals surface area contributed by atoms with Crippen LogP contribution in [-0.2, 0) is 0 Å². The van der Waals surface area contributed by atoms with Gasteiger partial charge >= 0.3 is 0 Å². The van der Waals surface area contributed by atoms with E-state index in [4.69, 9.17) is 0 Å². The topological polar surface area (TPSA) is 0 Å². The summed E-state index contributed by atoms with van der Waals surface area (Å²) >= 11 is 4.62. The second kappa shape index (κ2) is 11.4. The van der Waals surface area contributed by atoms with Crippen molar-refractivity contribution in [3.05, 3.63) is 0 Å². The first-order chi connectivity index (χ1) is 8.12. The van der Waals surface area contributed by atoms with E-state index in [-0.39, 0.29) is 0 Å². The second-order valence-electron chi connectivity index (χ2n) is 5.56. The van der Waals surface area contributed by atoms with Crippen molar-refractivity contribution in [2.24, 2.45) is 0 Å². The van der Waals surface area contributed by atoms with Crippen LogP contribution in [0.25, 0.3) is 0 Å². The van der Waals surface area contributed by atoms with Crippen LogP contribution in [0.3, 0.4) is 0 Å². The molecule has 0 aliphatic rings. The summed E-state index contributed by atoms with van der Waals surface area (Å²) in [5, 5.41) is 0. The van der Waals surface area contributed by atoms with E-state index in [0.29, 0.717) is 0 Å². The maximum absolute atomic E-state index is 4.62. The average Bonchev–Trinajstić information content (AvgIpc) is 2.31. The van der Waals surface area contributed by atoms with Gasteiger partial charge < -0.3 is 0 Å². The molecule has 0 aliphatic carbocycles. The number of hydrogen-bond donors (Lipinski definition) is 1. The van der Waals surface area contributed by atoms with Crippen molar-refractivity contribution in [1.82, 2.24) is 0 Å². The molecule has 2 heteroatoms. The van der Waals surface area contributed by atoms with Crippen molar-refractivity contribution in [2.75, 3.05) is 20.1 Å². The maximum Gasteiger partial charge on any atom is 0.0888 e. The zero-order valence-corrected chi connectivity index (χ0v) is 13.3. The molecule has 0 rings (SSSR count). The Morgan fingerprint density at radius 2 is 1.12 bits per heavy atom. The third-order valence-corrected chi connectivity index (χ3v) is 4.16. The zero-order valence-electron chi connectivity index (χ0n) is 12.4. The largest absolute Gasteiger partial charge is 0.267 e. The van der Waals surface area contributed by atoms with Gasteiger partial charge in [0.15, 0.2) is 0 Å². The summed E-state index contributed by atoms with van der Waals surface area (Å²) in [4.78, 5) is 0. The summed E-state index contributed by atoms with van der Waals surface area (Å²) in [7, 11) is 2.21. The van der Waals surface area contributed by atoms with Gasteiger partial charge in [0.1, 0.15) is 0 Å². The van der Waals surface area contributed by atoms with Crippen molar-refractivity contribution in [3.8, 4) is 0 Å². The van der Waals surface area contributed by atoms with Crippen molar-refractivity contribution in [2.45, 2.75) is 78.1 Å². The fraction of sp³-hybridized carbons (Fsp3) is 1.00. The third-order valence-electron chi connectivity index (χ3n) is 3.67. The van der Waals surface area contributed by atoms with Gasteiger partial charge in [0.25, 0.3) is 0 Å². The zero-order chi connectivity index (χ0) is 13.0. The Hall–Kier alpha value is 0.310. The van der Waals surface area contributed by atoms with Gasteiger partial charge in [0.2, 0.25) is 0 Å². The molecule has 17 heavy (non-hydrogen) atoms. The Balaban J connectivity index is 3.09. The Morgan fingerprint density at radius 3 is 1.53 bits per heavy atom. The summed E-state index contributed by atoms with van der Waals surface area (Å²) in [5.74, 6) is 0. The first-order valence-electron chi connectivity index (χ1n) is 7.69. The van der Waals surface area contributed by atoms with Gasteiger partial charge in [-0.15, -0.1) is 0 Å². The van der Waals surface area contributed by atoms with Crippen LogP contribution in [0.2, 0.25) is 0 Å². The Labute approximate surface area is 115 Å². The van der Waals surface area contributed by atoms with Gasteiger partial charge in [-0.05, 0) is 19.8 Å². The normalized spacial score (nSPS) is 14.8. The van der Waals surface area contributed by atoms with Crippen LogP contribution in [0.15, 0.2) is 0 Å². The van der Waals surface area contributed by atoms with Crippen LogP contribution in [-0.4, -0.2) is 24.0 Å². The van der Waals surface area contributed by atoms with Crippen LogP contribution in [0, 0.1) is 0 Å². The molecule has 0 amide bonds. The smallest absolute Gasteiger partial charge is 0.0888 e. The van der Waals surface area contributed by atoms with Crippen LogP contribution in [0.5, 0.6) is 0 Å². The van der Waals surface area contributed by atoms with E-state index in [1.54, 1.807) is 0 Å². The molecule has 0 bridgehead atoms. The Kier molecular flexibility index (Phi) is 11.6. The van der Waals surface area contributed by atoms with E-state index in [9.17, 15) is 0 Å². The molecular weight excluding hydrogens is 226 g/mol. The highest BCUT2D eigenvalue weighted by molar-refractivity contribution is 7.74. The van der Waals surface area contributed by atoms with Crippen molar-refractivity contribution >= 4 is 12.8 Å². The van der Waals surface area contributed by atoms with Crippen LogP contribution < -0.4 is 0 Å². The lowest BCUT2D eigenvalue weighted by Gasteiger charge is -2.25. The van der Waals surface area contributed by atoms with Crippen molar-refractivity contribution in [3.63, 3.8) is 0 Å². The van der Waals surface area contributed by atoms with Crippen LogP contribution in [0.4, 0.5) is 0 Å². The van der Waals surface area contributed by atoms with Gasteiger partial charge in [-0.25, -0.2) is 0 Å². The van der Waals surface area contributed by atoms with Crippen molar-refractivity contribution in [1.29, 1.82) is 0 Å². The number of hydrogen-bond acceptors (Lipinski definition) is 1. The molecule has 1 atom stereocenters. The lowest BCUT2D eigenvalue weighted by molar-refractivity contribution is -0.768. The van der Waals surface area contributed by atoms with Gasteiger partial charge in [-0.2, -0.15) is 0 Å². The molecule has 0 saturated carbocycles. The fourth-order valence-corrected chi connectivity index (χ4v) is 2.24. The molecule has 0 aromatic rings. The molecule has 0 spiro atoms. The highest BCUT2D eigenvalue weighted by Crippen LogP contribution is 2.13. The maximum atomic E-state index is 4.62. The lowest BCUT2D eigenvalue weighted by Crippen LogP contribution is -2.34. The number of nitrogens with zero attached hydrogens (tertiary/aromatic N) is 1. The molecule has 0 aliphatic heterocycles. The lowest BCUT2D eigenvalue weighted by atomic mass is 10.1. The summed E-state index contributed by atoms with van der Waals surface area (Å²) in [6.45, 7) is 6.84. The minimum absolute atomic E-state index is 0.886. The summed E-state index contributed by atoms with van der Waals surface area (Å²) in [5.41, 5.74) is 0. The molecular formula is C15H34NS+. The van der Waals surface area contributed by atoms with Gasteiger partial charge in [-0.1, -0.05) is 58.3 Å². The second-order valence-corrected chi connectivity index (χ2v) is 6.53. The van der Waals surface area contributed by atoms with E-state index < -0.39 is 0 Å². The van der Waals surface area contributed by atoms with E-state index in [1.807, 2.05) is 0 Å². The summed E-state index contributed by atoms with van der Waals surface area (Å²) in [6, 6.07) is 0. The predicted octanol–water partition coefficient (Wildman–Crippen LogP) is 5.22. The van der Waals surface area contributed by atoms with Crippen molar-refractivity contribution < 1.29 is 3.89 Å². The highest BCUT2D eigenvalue weighted by atomic mass is 32.1. The minimum Gasteiger partial charge on any atom is -0.267 e. The fourth-order valence-electron chi connectivity index (χ4n) is 2.10. The van der Waals surface area contributed by atoms with E-state index in [1.165, 1.54) is 70.8 Å². The summed E-state index contributed by atoms with van der Waals surface area (Å²) < 4.78 is 0.886. The predicted molar refractivity (Wildman–Crippen MR) is 82.4 cm³/mol. The van der Waals surface area contributed by atoms with E-state index >= 15 is 0 Å². The molecule has 1 nitrogen and oxygen atoms in total. The minimum atomic E-state index is 0.886. The molecule has 0 radical (unpaired) electrons. The molecule has 0 aromatic carbocycles. The SMILES string of the molecule is CCCCCCCCCCCC[N+](C)(S)CC. The van der Waals surface area contributed by atoms with Gasteiger partial charge in [0.05, 0.1) is 33.0 Å². The Morgan fingerprint density at radius 1 is 0.706 bits per heavy atom. The summed E-state index contributed by atoms with van der Waals surface area (Å²) in [6.07, 6.45) is 14.2. The molecule has 0 aromatic heterocycles. The van der Waals surface area contributed by atoms with Gasteiger partial charge in [-0.3, -0.25) is 3.89 Å². The van der Waals surface area contributed by atoms with E-state index in [0.717, 1.165) is 10.4 Å². The number of thiol groups is 1. The molecule has 0 heterocycles. The number of quaternary nitrogens is 1. The molecule has 0 saturated heterocycles. The average molecular weight is 261 g/mol. The first kappa shape index (κ1) is 17.3. The Bertz CT molecular complexity index is 157.